The molecule has 0 aliphatic carbocycles. The fourth-order valence-corrected chi connectivity index (χ4v) is 6.20. The summed E-state index contributed by atoms with van der Waals surface area (Å²) < 4.78 is 35.3. The highest BCUT2D eigenvalue weighted by atomic mass is 32.1. The summed E-state index contributed by atoms with van der Waals surface area (Å²) >= 11 is 1.20. The predicted molar refractivity (Wildman–Crippen MR) is 167 cm³/mol. The maximum atomic E-state index is 14.3. The van der Waals surface area contributed by atoms with Crippen molar-refractivity contribution >= 4 is 29.1 Å². The molecule has 5 rings (SSSR count). The molecule has 3 aromatic carbocycles. The highest BCUT2D eigenvalue weighted by molar-refractivity contribution is 7.07. The van der Waals surface area contributed by atoms with Crippen LogP contribution in [0.1, 0.15) is 29.7 Å². The minimum atomic E-state index is -0.937. The standard InChI is InChI=1S/C33H32N2O8S/c1-7-43-32(37)26-27(20-12-9-8-10-13-20)34-33-35(28(26)21-14-11-15-22(38-2)29(21)41-5)31(36)25(44-33)18-19-16-23(39-3)30(42-6)24(17-19)40-4/h8-18,28H,7H2,1-6H3/b25-18-. The second-order valence-electron chi connectivity index (χ2n) is 9.47. The maximum absolute atomic E-state index is 14.3. The van der Waals surface area contributed by atoms with Crippen LogP contribution in [0.5, 0.6) is 28.7 Å². The average Bonchev–Trinajstić information content (AvgIpc) is 3.37. The van der Waals surface area contributed by atoms with Gasteiger partial charge in [0, 0.05) is 11.1 Å². The minimum Gasteiger partial charge on any atom is -0.493 e. The maximum Gasteiger partial charge on any atom is 0.338 e. The van der Waals surface area contributed by atoms with E-state index >= 15 is 0 Å². The topological polar surface area (TPSA) is 107 Å². The van der Waals surface area contributed by atoms with Gasteiger partial charge in [-0.2, -0.15) is 0 Å². The lowest BCUT2D eigenvalue weighted by Crippen LogP contribution is -2.40. The van der Waals surface area contributed by atoms with E-state index in [0.717, 1.165) is 0 Å². The van der Waals surface area contributed by atoms with Crippen LogP contribution >= 0.6 is 11.3 Å². The Kier molecular flexibility index (Phi) is 9.05. The van der Waals surface area contributed by atoms with Crippen molar-refractivity contribution in [2.75, 3.05) is 42.2 Å². The SMILES string of the molecule is CCOC(=O)C1=C(c2ccccc2)N=c2s/c(=C\c3cc(OC)c(OC)c(OC)c3)c(=O)n2C1c1cccc(OC)c1OC. The number of thiazole rings is 1. The Balaban J connectivity index is 1.86. The molecule has 0 saturated heterocycles. The van der Waals surface area contributed by atoms with E-state index in [9.17, 15) is 9.59 Å². The number of rotatable bonds is 10. The zero-order valence-electron chi connectivity index (χ0n) is 25.2. The molecular formula is C33H32N2O8S. The highest BCUT2D eigenvalue weighted by Crippen LogP contribution is 2.42. The molecular weight excluding hydrogens is 584 g/mol. The molecule has 2 heterocycles. The first-order valence-electron chi connectivity index (χ1n) is 13.7. The monoisotopic (exact) mass is 616 g/mol. The highest BCUT2D eigenvalue weighted by Gasteiger charge is 2.37. The van der Waals surface area contributed by atoms with Gasteiger partial charge >= 0.3 is 5.97 Å². The fourth-order valence-electron chi connectivity index (χ4n) is 5.20. The van der Waals surface area contributed by atoms with Crippen LogP contribution in [0, 0.1) is 0 Å². The molecule has 0 saturated carbocycles. The molecule has 1 atom stereocenters. The lowest BCUT2D eigenvalue weighted by Gasteiger charge is -2.27. The summed E-state index contributed by atoms with van der Waals surface area (Å²) in [6.45, 7) is 1.87. The third-order valence-electron chi connectivity index (χ3n) is 7.09. The van der Waals surface area contributed by atoms with Crippen molar-refractivity contribution in [1.82, 2.24) is 4.57 Å². The number of hydrogen-bond acceptors (Lipinski definition) is 10. The van der Waals surface area contributed by atoms with Gasteiger partial charge in [-0.15, -0.1) is 0 Å². The summed E-state index contributed by atoms with van der Waals surface area (Å²) in [5.41, 5.74) is 2.14. The third kappa shape index (κ3) is 5.42. The molecule has 0 radical (unpaired) electrons. The summed E-state index contributed by atoms with van der Waals surface area (Å²) in [5, 5.41) is 0. The van der Waals surface area contributed by atoms with E-state index < -0.39 is 12.0 Å². The molecule has 4 aromatic rings. The smallest absolute Gasteiger partial charge is 0.338 e. The van der Waals surface area contributed by atoms with Crippen LogP contribution in [0.4, 0.5) is 0 Å². The van der Waals surface area contributed by atoms with E-state index in [1.807, 2.05) is 30.3 Å². The Morgan fingerprint density at radius 3 is 2.11 bits per heavy atom. The first-order chi connectivity index (χ1) is 21.4. The Hall–Kier alpha value is -5.03. The third-order valence-corrected chi connectivity index (χ3v) is 8.07. The number of ether oxygens (including phenoxy) is 6. The summed E-state index contributed by atoms with van der Waals surface area (Å²) in [5.74, 6) is 1.57. The van der Waals surface area contributed by atoms with Crippen LogP contribution in [0.15, 0.2) is 76.0 Å². The van der Waals surface area contributed by atoms with Gasteiger partial charge in [-0.25, -0.2) is 9.79 Å². The Labute approximate surface area is 258 Å². The van der Waals surface area contributed by atoms with Gasteiger partial charge in [0.1, 0.15) is 6.04 Å². The number of methoxy groups -OCH3 is 5. The lowest BCUT2D eigenvalue weighted by atomic mass is 9.92. The number of esters is 1. The van der Waals surface area contributed by atoms with Crippen molar-refractivity contribution in [2.45, 2.75) is 13.0 Å². The molecule has 0 spiro atoms. The molecule has 1 unspecified atom stereocenters. The molecule has 228 valence electrons. The Morgan fingerprint density at radius 2 is 1.52 bits per heavy atom. The van der Waals surface area contributed by atoms with E-state index in [4.69, 9.17) is 33.4 Å². The molecule has 0 amide bonds. The van der Waals surface area contributed by atoms with Crippen molar-refractivity contribution in [1.29, 1.82) is 0 Å². The van der Waals surface area contributed by atoms with Gasteiger partial charge in [0.05, 0.1) is 58.0 Å². The van der Waals surface area contributed by atoms with E-state index in [2.05, 4.69) is 0 Å². The van der Waals surface area contributed by atoms with E-state index in [1.54, 1.807) is 43.3 Å². The van der Waals surface area contributed by atoms with Crippen LogP contribution < -0.4 is 38.6 Å². The quantitative estimate of drug-likeness (QED) is 0.247. The van der Waals surface area contributed by atoms with Crippen LogP contribution in [0.2, 0.25) is 0 Å². The number of benzene rings is 3. The molecule has 1 aromatic heterocycles. The number of nitrogens with zero attached hydrogens (tertiary/aromatic N) is 2. The summed E-state index contributed by atoms with van der Waals surface area (Å²) in [4.78, 5) is 33.4. The number of carbonyl (C=O) groups is 1. The molecule has 44 heavy (non-hydrogen) atoms. The van der Waals surface area contributed by atoms with E-state index in [1.165, 1.54) is 51.5 Å². The number of para-hydroxylation sites is 1. The average molecular weight is 617 g/mol. The second-order valence-corrected chi connectivity index (χ2v) is 10.5. The fraction of sp³-hybridized carbons (Fsp3) is 0.242. The normalized spacial score (nSPS) is 14.4. The van der Waals surface area contributed by atoms with Gasteiger partial charge in [0.25, 0.3) is 5.56 Å². The first-order valence-corrected chi connectivity index (χ1v) is 14.5. The number of fused-ring (bicyclic) bond motifs is 1. The number of aromatic nitrogens is 1. The molecule has 1 aliphatic heterocycles. The van der Waals surface area contributed by atoms with Crippen LogP contribution in [0.25, 0.3) is 11.8 Å². The van der Waals surface area contributed by atoms with E-state index in [-0.39, 0.29) is 17.7 Å². The van der Waals surface area contributed by atoms with Crippen molar-refractivity contribution in [3.63, 3.8) is 0 Å². The predicted octanol–water partition coefficient (Wildman–Crippen LogP) is 3.98. The van der Waals surface area contributed by atoms with Gasteiger partial charge in [0.15, 0.2) is 27.8 Å². The lowest BCUT2D eigenvalue weighted by molar-refractivity contribution is -0.138. The largest absolute Gasteiger partial charge is 0.493 e. The van der Waals surface area contributed by atoms with Crippen LogP contribution in [-0.4, -0.2) is 52.7 Å². The zero-order chi connectivity index (χ0) is 31.4. The molecule has 1 aliphatic rings. The summed E-state index contributed by atoms with van der Waals surface area (Å²) in [6, 6.07) is 17.2. The summed E-state index contributed by atoms with van der Waals surface area (Å²) in [7, 11) is 7.62. The van der Waals surface area contributed by atoms with Crippen molar-refractivity contribution < 1.29 is 33.2 Å². The van der Waals surface area contributed by atoms with Crippen molar-refractivity contribution in [3.8, 4) is 28.7 Å². The zero-order valence-corrected chi connectivity index (χ0v) is 26.0. The van der Waals surface area contributed by atoms with Crippen LogP contribution in [0.3, 0.4) is 0 Å². The molecule has 0 N–H and O–H groups in total. The Bertz CT molecular complexity index is 1890. The van der Waals surface area contributed by atoms with Crippen LogP contribution in [-0.2, 0) is 9.53 Å². The number of carbonyl (C=O) groups excluding carboxylic acids is 1. The van der Waals surface area contributed by atoms with E-state index in [0.29, 0.717) is 60.5 Å². The molecule has 0 fully saturated rings. The van der Waals surface area contributed by atoms with Gasteiger partial charge in [-0.1, -0.05) is 53.8 Å². The Morgan fingerprint density at radius 1 is 0.864 bits per heavy atom. The minimum absolute atomic E-state index is 0.137. The second kappa shape index (κ2) is 13.1. The van der Waals surface area contributed by atoms with Gasteiger partial charge in [0.2, 0.25) is 5.75 Å². The summed E-state index contributed by atoms with van der Waals surface area (Å²) in [6.07, 6.45) is 1.73. The number of hydrogen-bond donors (Lipinski definition) is 0. The molecule has 0 bridgehead atoms. The molecule has 10 nitrogen and oxygen atoms in total. The van der Waals surface area contributed by atoms with Gasteiger partial charge in [-0.3, -0.25) is 9.36 Å². The van der Waals surface area contributed by atoms with Gasteiger partial charge in [-0.05, 0) is 36.8 Å². The van der Waals surface area contributed by atoms with Crippen molar-refractivity contribution in [3.05, 3.63) is 103 Å². The molecule has 11 heteroatoms. The first kappa shape index (κ1) is 30.4. The van der Waals surface area contributed by atoms with Crippen molar-refractivity contribution in [2.24, 2.45) is 4.99 Å². The van der Waals surface area contributed by atoms with Gasteiger partial charge < -0.3 is 28.4 Å².